The first-order chi connectivity index (χ1) is 10.6. The summed E-state index contributed by atoms with van der Waals surface area (Å²) >= 11 is 6.28. The van der Waals surface area contributed by atoms with Crippen LogP contribution in [0.3, 0.4) is 0 Å². The lowest BCUT2D eigenvalue weighted by molar-refractivity contribution is 0.163. The van der Waals surface area contributed by atoms with E-state index in [2.05, 4.69) is 28.6 Å². The third-order valence-corrected chi connectivity index (χ3v) is 5.63. The second-order valence-electron chi connectivity index (χ2n) is 6.68. The average Bonchev–Trinajstić information content (AvgIpc) is 2.96. The average molecular weight is 323 g/mol. The van der Waals surface area contributed by atoms with E-state index in [0.29, 0.717) is 5.15 Å². The number of aryl methyl sites for hydroxylation is 1. The Kier molecular flexibility index (Phi) is 4.88. The first-order valence-electron chi connectivity index (χ1n) is 8.63. The molecule has 0 aliphatic carbocycles. The Bertz CT molecular complexity index is 526. The van der Waals surface area contributed by atoms with Crippen LogP contribution in [-0.4, -0.2) is 46.6 Å². The molecule has 4 nitrogen and oxygen atoms in total. The van der Waals surface area contributed by atoms with Crippen LogP contribution in [0.2, 0.25) is 5.15 Å². The van der Waals surface area contributed by atoms with Crippen LogP contribution in [0.15, 0.2) is 0 Å². The van der Waals surface area contributed by atoms with Gasteiger partial charge >= 0.3 is 0 Å². The lowest BCUT2D eigenvalue weighted by Gasteiger charge is -2.39. The zero-order valence-electron chi connectivity index (χ0n) is 14.0. The Labute approximate surface area is 138 Å². The standard InChI is InChI=1S/C17H27ClN4/c1-4-15-19-16(18)13(3)17(20-15)21-10-7-14(8-11-21)22-9-5-6-12(22)2/h12,14H,4-11H2,1-3H3. The van der Waals surface area contributed by atoms with E-state index in [1.165, 1.54) is 32.2 Å². The fourth-order valence-electron chi connectivity index (χ4n) is 3.89. The van der Waals surface area contributed by atoms with Crippen LogP contribution in [0.1, 0.15) is 50.9 Å². The van der Waals surface area contributed by atoms with E-state index in [1.54, 1.807) is 0 Å². The first kappa shape index (κ1) is 16.0. The number of aromatic nitrogens is 2. The van der Waals surface area contributed by atoms with Crippen molar-refractivity contribution in [2.24, 2.45) is 0 Å². The normalized spacial score (nSPS) is 24.2. The van der Waals surface area contributed by atoms with E-state index in [4.69, 9.17) is 16.6 Å². The van der Waals surface area contributed by atoms with Crippen molar-refractivity contribution in [3.63, 3.8) is 0 Å². The minimum atomic E-state index is 0.608. The summed E-state index contributed by atoms with van der Waals surface area (Å²) in [6.07, 6.45) is 6.01. The van der Waals surface area contributed by atoms with Crippen molar-refractivity contribution < 1.29 is 0 Å². The summed E-state index contributed by atoms with van der Waals surface area (Å²) < 4.78 is 0. The highest BCUT2D eigenvalue weighted by molar-refractivity contribution is 6.30. The number of piperidine rings is 1. The lowest BCUT2D eigenvalue weighted by atomic mass is 10.0. The Balaban J connectivity index is 1.70. The zero-order chi connectivity index (χ0) is 15.7. The molecule has 1 aromatic heterocycles. The summed E-state index contributed by atoms with van der Waals surface area (Å²) in [5.74, 6) is 1.89. The molecule has 0 spiro atoms. The van der Waals surface area contributed by atoms with Crippen LogP contribution in [-0.2, 0) is 6.42 Å². The quantitative estimate of drug-likeness (QED) is 0.798. The highest BCUT2D eigenvalue weighted by Gasteiger charge is 2.31. The van der Waals surface area contributed by atoms with Crippen LogP contribution in [0.4, 0.5) is 5.82 Å². The molecule has 122 valence electrons. The SMILES string of the molecule is CCc1nc(Cl)c(C)c(N2CCC(N3CCCC3C)CC2)n1. The van der Waals surface area contributed by atoms with Gasteiger partial charge in [-0.1, -0.05) is 18.5 Å². The molecule has 1 unspecified atom stereocenters. The van der Waals surface area contributed by atoms with Crippen molar-refractivity contribution in [1.82, 2.24) is 14.9 Å². The molecule has 2 aliphatic heterocycles. The Morgan fingerprint density at radius 1 is 1.14 bits per heavy atom. The number of nitrogens with zero attached hydrogens (tertiary/aromatic N) is 4. The van der Waals surface area contributed by atoms with Gasteiger partial charge in [-0.05, 0) is 46.1 Å². The Hall–Kier alpha value is -0.870. The summed E-state index contributed by atoms with van der Waals surface area (Å²) in [5, 5.41) is 0.608. The molecular formula is C17H27ClN4. The van der Waals surface area contributed by atoms with Gasteiger partial charge in [-0.25, -0.2) is 9.97 Å². The molecule has 1 atom stereocenters. The molecule has 0 amide bonds. The van der Waals surface area contributed by atoms with Gasteiger partial charge in [-0.2, -0.15) is 0 Å². The summed E-state index contributed by atoms with van der Waals surface area (Å²) in [7, 11) is 0. The van der Waals surface area contributed by atoms with Crippen molar-refractivity contribution in [3.05, 3.63) is 16.5 Å². The molecule has 3 heterocycles. The minimum absolute atomic E-state index is 0.608. The highest BCUT2D eigenvalue weighted by atomic mass is 35.5. The predicted octanol–water partition coefficient (Wildman–Crippen LogP) is 3.45. The topological polar surface area (TPSA) is 32.3 Å². The van der Waals surface area contributed by atoms with Gasteiger partial charge in [0, 0.05) is 37.2 Å². The van der Waals surface area contributed by atoms with Crippen LogP contribution in [0.5, 0.6) is 0 Å². The first-order valence-corrected chi connectivity index (χ1v) is 9.01. The third kappa shape index (κ3) is 3.09. The van der Waals surface area contributed by atoms with Gasteiger partial charge in [-0.3, -0.25) is 4.90 Å². The molecular weight excluding hydrogens is 296 g/mol. The molecule has 0 aromatic carbocycles. The third-order valence-electron chi connectivity index (χ3n) is 5.26. The fourth-order valence-corrected chi connectivity index (χ4v) is 4.08. The molecule has 3 rings (SSSR count). The van der Waals surface area contributed by atoms with E-state index in [0.717, 1.165) is 48.8 Å². The van der Waals surface area contributed by atoms with E-state index in [1.807, 2.05) is 6.92 Å². The number of hydrogen-bond donors (Lipinski definition) is 0. The van der Waals surface area contributed by atoms with Crippen LogP contribution >= 0.6 is 11.6 Å². The number of rotatable bonds is 3. The van der Waals surface area contributed by atoms with Gasteiger partial charge in [0.1, 0.15) is 16.8 Å². The summed E-state index contributed by atoms with van der Waals surface area (Å²) in [6.45, 7) is 9.92. The Morgan fingerprint density at radius 2 is 1.86 bits per heavy atom. The molecule has 22 heavy (non-hydrogen) atoms. The maximum absolute atomic E-state index is 6.28. The molecule has 0 saturated carbocycles. The molecule has 1 aromatic rings. The maximum Gasteiger partial charge on any atom is 0.137 e. The van der Waals surface area contributed by atoms with Crippen molar-refractivity contribution in [2.75, 3.05) is 24.5 Å². The second kappa shape index (κ2) is 6.71. The van der Waals surface area contributed by atoms with E-state index in [-0.39, 0.29) is 0 Å². The largest absolute Gasteiger partial charge is 0.356 e. The van der Waals surface area contributed by atoms with Crippen LogP contribution < -0.4 is 4.90 Å². The lowest BCUT2D eigenvalue weighted by Crippen LogP contribution is -2.46. The van der Waals surface area contributed by atoms with Gasteiger partial charge in [0.2, 0.25) is 0 Å². The van der Waals surface area contributed by atoms with Gasteiger partial charge in [0.05, 0.1) is 0 Å². The summed E-state index contributed by atoms with van der Waals surface area (Å²) in [4.78, 5) is 14.2. The summed E-state index contributed by atoms with van der Waals surface area (Å²) in [6, 6.07) is 1.51. The zero-order valence-corrected chi connectivity index (χ0v) is 14.7. The molecule has 0 bridgehead atoms. The number of halogens is 1. The van der Waals surface area contributed by atoms with E-state index >= 15 is 0 Å². The molecule has 0 radical (unpaired) electrons. The second-order valence-corrected chi connectivity index (χ2v) is 7.04. The molecule has 2 fully saturated rings. The van der Waals surface area contributed by atoms with Gasteiger partial charge in [0.25, 0.3) is 0 Å². The summed E-state index contributed by atoms with van der Waals surface area (Å²) in [5.41, 5.74) is 1.02. The monoisotopic (exact) mass is 322 g/mol. The van der Waals surface area contributed by atoms with Gasteiger partial charge in [0.15, 0.2) is 0 Å². The number of likely N-dealkylation sites (tertiary alicyclic amines) is 1. The number of hydrogen-bond acceptors (Lipinski definition) is 4. The molecule has 2 saturated heterocycles. The smallest absolute Gasteiger partial charge is 0.137 e. The maximum atomic E-state index is 6.28. The van der Waals surface area contributed by atoms with E-state index in [9.17, 15) is 0 Å². The highest BCUT2D eigenvalue weighted by Crippen LogP contribution is 2.30. The molecule has 5 heteroatoms. The minimum Gasteiger partial charge on any atom is -0.356 e. The van der Waals surface area contributed by atoms with Crippen molar-refractivity contribution in [1.29, 1.82) is 0 Å². The van der Waals surface area contributed by atoms with Crippen molar-refractivity contribution in [3.8, 4) is 0 Å². The number of anilines is 1. The van der Waals surface area contributed by atoms with Gasteiger partial charge < -0.3 is 4.90 Å². The molecule has 2 aliphatic rings. The fraction of sp³-hybridized carbons (Fsp3) is 0.765. The van der Waals surface area contributed by atoms with Crippen molar-refractivity contribution >= 4 is 17.4 Å². The predicted molar refractivity (Wildman–Crippen MR) is 91.8 cm³/mol. The van der Waals surface area contributed by atoms with Crippen LogP contribution in [0, 0.1) is 6.92 Å². The van der Waals surface area contributed by atoms with Gasteiger partial charge in [-0.15, -0.1) is 0 Å². The van der Waals surface area contributed by atoms with Crippen LogP contribution in [0.25, 0.3) is 0 Å². The van der Waals surface area contributed by atoms with Crippen molar-refractivity contribution in [2.45, 2.75) is 65.0 Å². The Morgan fingerprint density at radius 3 is 2.45 bits per heavy atom. The molecule has 0 N–H and O–H groups in total. The van der Waals surface area contributed by atoms with E-state index < -0.39 is 0 Å².